The van der Waals surface area contributed by atoms with Gasteiger partial charge in [0.05, 0.1) is 5.75 Å². The molecule has 0 saturated carbocycles. The zero-order valence-electron chi connectivity index (χ0n) is 6.36. The Morgan fingerprint density at radius 2 is 2.18 bits per heavy atom. The fourth-order valence-corrected chi connectivity index (χ4v) is 1.53. The van der Waals surface area contributed by atoms with Crippen LogP contribution in [0.25, 0.3) is 0 Å². The van der Waals surface area contributed by atoms with E-state index in [-0.39, 0.29) is 5.75 Å². The van der Waals surface area contributed by atoms with Crippen LogP contribution in [0.3, 0.4) is 0 Å². The van der Waals surface area contributed by atoms with Crippen molar-refractivity contribution in [3.8, 4) is 0 Å². The average Bonchev–Trinajstić information content (AvgIpc) is 1.86. The summed E-state index contributed by atoms with van der Waals surface area (Å²) in [5.41, 5.74) is 5.35. The van der Waals surface area contributed by atoms with Crippen LogP contribution in [-0.4, -0.2) is 32.1 Å². The van der Waals surface area contributed by atoms with Crippen molar-refractivity contribution in [1.29, 1.82) is 0 Å². The third-order valence-corrected chi connectivity index (χ3v) is 2.48. The van der Waals surface area contributed by atoms with Gasteiger partial charge in [-0.15, -0.1) is 0 Å². The molecule has 0 aliphatic carbocycles. The predicted octanol–water partition coefficient (Wildman–Crippen LogP) is -0.980. The quantitative estimate of drug-likeness (QED) is 0.422. The van der Waals surface area contributed by atoms with E-state index in [1.807, 2.05) is 0 Å². The maximum Gasteiger partial charge on any atom is 0.271 e. The molecule has 11 heavy (non-hydrogen) atoms. The summed E-state index contributed by atoms with van der Waals surface area (Å²) in [5.74, 6) is -0.246. The molecule has 0 bridgehead atoms. The summed E-state index contributed by atoms with van der Waals surface area (Å²) in [6.45, 7) is 0.956. The van der Waals surface area contributed by atoms with Crippen molar-refractivity contribution in [3.63, 3.8) is 0 Å². The summed E-state index contributed by atoms with van der Waals surface area (Å²) in [7, 11) is -3.62. The van der Waals surface area contributed by atoms with E-state index < -0.39 is 23.0 Å². The van der Waals surface area contributed by atoms with Crippen molar-refractivity contribution >= 4 is 10.1 Å². The van der Waals surface area contributed by atoms with Gasteiger partial charge in [0.15, 0.2) is 6.79 Å². The number of nitrogens with two attached hydrogens (primary N) is 1. The topological polar surface area (TPSA) is 89.6 Å². The molecule has 0 aliphatic rings. The lowest BCUT2D eigenvalue weighted by Gasteiger charge is -2.07. The van der Waals surface area contributed by atoms with Crippen molar-refractivity contribution in [2.75, 3.05) is 12.5 Å². The molecular weight excluding hydrogens is 170 g/mol. The van der Waals surface area contributed by atoms with Crippen LogP contribution in [0.15, 0.2) is 0 Å². The molecule has 0 aliphatic heterocycles. The zero-order chi connectivity index (χ0) is 8.91. The predicted molar refractivity (Wildman–Crippen MR) is 40.2 cm³/mol. The Labute approximate surface area is 66.3 Å². The number of hydrogen-bond acceptors (Lipinski definition) is 5. The van der Waals surface area contributed by atoms with Gasteiger partial charge >= 0.3 is 0 Å². The Hall–Kier alpha value is -0.170. The molecule has 0 amide bonds. The Bertz CT molecular complexity index is 189. The maximum absolute atomic E-state index is 10.7. The molecule has 1 atom stereocenters. The van der Waals surface area contributed by atoms with Crippen molar-refractivity contribution < 1.29 is 17.7 Å². The lowest BCUT2D eigenvalue weighted by molar-refractivity contribution is 0.105. The fraction of sp³-hybridized carbons (Fsp3) is 1.00. The van der Waals surface area contributed by atoms with Gasteiger partial charge in [0, 0.05) is 6.04 Å². The average molecular weight is 183 g/mol. The molecule has 1 unspecified atom stereocenters. The highest BCUT2D eigenvalue weighted by atomic mass is 32.2. The van der Waals surface area contributed by atoms with Crippen molar-refractivity contribution in [2.24, 2.45) is 5.73 Å². The molecule has 6 heteroatoms. The van der Waals surface area contributed by atoms with Crippen LogP contribution in [0, 0.1) is 0 Å². The van der Waals surface area contributed by atoms with E-state index in [0.717, 1.165) is 0 Å². The first-order chi connectivity index (χ1) is 5.02. The second-order valence-electron chi connectivity index (χ2n) is 2.14. The molecular formula is C5H13NO4S. The highest BCUT2D eigenvalue weighted by Gasteiger charge is 2.14. The van der Waals surface area contributed by atoms with Gasteiger partial charge in [0.25, 0.3) is 10.1 Å². The summed E-state index contributed by atoms with van der Waals surface area (Å²) < 4.78 is 25.5. The summed E-state index contributed by atoms with van der Waals surface area (Å²) in [6.07, 6.45) is 0.564. The number of aliphatic hydroxyl groups excluding tert-OH is 1. The largest absolute Gasteiger partial charge is 0.369 e. The third kappa shape index (κ3) is 5.14. The first-order valence-corrected chi connectivity index (χ1v) is 4.83. The Kier molecular flexibility index (Phi) is 4.58. The first kappa shape index (κ1) is 10.8. The minimum Gasteiger partial charge on any atom is -0.369 e. The Morgan fingerprint density at radius 3 is 2.55 bits per heavy atom. The summed E-state index contributed by atoms with van der Waals surface area (Å²) in [6, 6.07) is -0.424. The minimum absolute atomic E-state index is 0.246. The number of rotatable bonds is 5. The third-order valence-electron chi connectivity index (χ3n) is 1.17. The van der Waals surface area contributed by atoms with Gasteiger partial charge in [-0.05, 0) is 6.42 Å². The molecule has 0 fully saturated rings. The van der Waals surface area contributed by atoms with E-state index in [1.165, 1.54) is 0 Å². The molecule has 0 saturated heterocycles. The molecule has 0 heterocycles. The van der Waals surface area contributed by atoms with Gasteiger partial charge < -0.3 is 10.8 Å². The zero-order valence-corrected chi connectivity index (χ0v) is 7.17. The molecule has 0 aromatic heterocycles. The van der Waals surface area contributed by atoms with E-state index in [0.29, 0.717) is 6.42 Å². The van der Waals surface area contributed by atoms with Gasteiger partial charge in [-0.3, -0.25) is 0 Å². The number of aliphatic hydroxyl groups is 1. The van der Waals surface area contributed by atoms with Crippen molar-refractivity contribution in [3.05, 3.63) is 0 Å². The second-order valence-corrected chi connectivity index (χ2v) is 3.82. The molecule has 5 nitrogen and oxygen atoms in total. The van der Waals surface area contributed by atoms with Gasteiger partial charge in [-0.2, -0.15) is 8.42 Å². The molecule has 0 rings (SSSR count). The normalized spacial score (nSPS) is 14.8. The van der Waals surface area contributed by atoms with Gasteiger partial charge in [-0.1, -0.05) is 6.92 Å². The van der Waals surface area contributed by atoms with Crippen LogP contribution < -0.4 is 5.73 Å². The standard InChI is InChI=1S/C5H13NO4S/c1-2-5(6)3-11(8,9)10-4-7/h5,7H,2-4,6H2,1H3. The smallest absolute Gasteiger partial charge is 0.271 e. The molecule has 68 valence electrons. The Morgan fingerprint density at radius 1 is 1.64 bits per heavy atom. The number of hydrogen-bond donors (Lipinski definition) is 2. The lowest BCUT2D eigenvalue weighted by atomic mass is 10.3. The first-order valence-electron chi connectivity index (χ1n) is 3.25. The van der Waals surface area contributed by atoms with Crippen molar-refractivity contribution in [2.45, 2.75) is 19.4 Å². The summed E-state index contributed by atoms with van der Waals surface area (Å²) in [4.78, 5) is 0. The van der Waals surface area contributed by atoms with E-state index in [1.54, 1.807) is 6.92 Å². The highest BCUT2D eigenvalue weighted by Crippen LogP contribution is 1.96. The summed E-state index contributed by atoms with van der Waals surface area (Å²) >= 11 is 0. The van der Waals surface area contributed by atoms with Crippen LogP contribution in [0.4, 0.5) is 0 Å². The van der Waals surface area contributed by atoms with Gasteiger partial charge in [-0.25, -0.2) is 4.18 Å². The van der Waals surface area contributed by atoms with E-state index in [9.17, 15) is 8.42 Å². The van der Waals surface area contributed by atoms with Gasteiger partial charge in [0.1, 0.15) is 0 Å². The highest BCUT2D eigenvalue weighted by molar-refractivity contribution is 7.86. The van der Waals surface area contributed by atoms with E-state index in [4.69, 9.17) is 10.8 Å². The van der Waals surface area contributed by atoms with Crippen LogP contribution in [0.2, 0.25) is 0 Å². The van der Waals surface area contributed by atoms with Crippen LogP contribution in [0.5, 0.6) is 0 Å². The van der Waals surface area contributed by atoms with Crippen LogP contribution >= 0.6 is 0 Å². The minimum atomic E-state index is -3.62. The van der Waals surface area contributed by atoms with Crippen LogP contribution in [0.1, 0.15) is 13.3 Å². The molecule has 0 radical (unpaired) electrons. The molecule has 0 aromatic rings. The fourth-order valence-electron chi connectivity index (χ4n) is 0.508. The second kappa shape index (κ2) is 4.66. The van der Waals surface area contributed by atoms with Crippen molar-refractivity contribution in [1.82, 2.24) is 0 Å². The molecule has 0 spiro atoms. The SMILES string of the molecule is CCC(N)CS(=O)(=O)OCO. The van der Waals surface area contributed by atoms with Gasteiger partial charge in [0.2, 0.25) is 0 Å². The Balaban J connectivity index is 3.92. The lowest BCUT2D eigenvalue weighted by Crippen LogP contribution is -2.29. The molecule has 0 aromatic carbocycles. The monoisotopic (exact) mass is 183 g/mol. The maximum atomic E-state index is 10.7. The van der Waals surface area contributed by atoms with Crippen LogP contribution in [-0.2, 0) is 14.3 Å². The van der Waals surface area contributed by atoms with E-state index in [2.05, 4.69) is 4.18 Å². The molecule has 3 N–H and O–H groups in total. The van der Waals surface area contributed by atoms with E-state index >= 15 is 0 Å². The summed E-state index contributed by atoms with van der Waals surface area (Å²) in [5, 5.41) is 8.15.